The second-order valence-electron chi connectivity index (χ2n) is 4.29. The Labute approximate surface area is 122 Å². The number of amides is 1. The average molecular weight is 319 g/mol. The van der Waals surface area contributed by atoms with Crippen molar-refractivity contribution in [2.24, 2.45) is 0 Å². The Morgan fingerprint density at radius 1 is 1.33 bits per heavy atom. The molecule has 0 saturated carbocycles. The molecule has 2 rings (SSSR count). The van der Waals surface area contributed by atoms with Crippen molar-refractivity contribution in [3.8, 4) is 0 Å². The Bertz CT molecular complexity index is 695. The summed E-state index contributed by atoms with van der Waals surface area (Å²) in [5, 5.41) is 2.28. The van der Waals surface area contributed by atoms with Crippen molar-refractivity contribution < 1.29 is 22.4 Å². The van der Waals surface area contributed by atoms with Crippen molar-refractivity contribution in [1.29, 1.82) is 0 Å². The zero-order valence-electron chi connectivity index (χ0n) is 11.0. The zero-order chi connectivity index (χ0) is 15.8. The molecule has 0 spiro atoms. The maximum absolute atomic E-state index is 12.6. The van der Waals surface area contributed by atoms with E-state index in [9.17, 15) is 18.0 Å². The van der Waals surface area contributed by atoms with Gasteiger partial charge in [0.25, 0.3) is 5.91 Å². The van der Waals surface area contributed by atoms with E-state index in [2.05, 4.69) is 10.3 Å². The molecule has 0 fully saturated rings. The number of aryl methyl sites for hydroxylation is 2. The molecule has 0 aliphatic heterocycles. The van der Waals surface area contributed by atoms with E-state index >= 15 is 0 Å². The second kappa shape index (κ2) is 5.40. The van der Waals surface area contributed by atoms with Crippen LogP contribution in [-0.4, -0.2) is 10.9 Å². The van der Waals surface area contributed by atoms with E-state index in [0.29, 0.717) is 5.69 Å². The third kappa shape index (κ3) is 3.36. The maximum atomic E-state index is 12.6. The van der Waals surface area contributed by atoms with Gasteiger partial charge in [0.05, 0.1) is 22.0 Å². The molecular weight excluding hydrogens is 309 g/mol. The number of hydrogen-bond donors (Lipinski definition) is 1. The molecule has 0 atom stereocenters. The maximum Gasteiger partial charge on any atom is 0.416 e. The van der Waals surface area contributed by atoms with Gasteiger partial charge in [-0.3, -0.25) is 4.79 Å². The van der Waals surface area contributed by atoms with E-state index in [4.69, 9.17) is 16.0 Å². The lowest BCUT2D eigenvalue weighted by Crippen LogP contribution is -2.14. The summed E-state index contributed by atoms with van der Waals surface area (Å²) in [6.45, 7) is 3.11. The summed E-state index contributed by atoms with van der Waals surface area (Å²) in [4.78, 5) is 15.9. The van der Waals surface area contributed by atoms with Crippen LogP contribution in [0.15, 0.2) is 22.6 Å². The number of anilines is 1. The van der Waals surface area contributed by atoms with Crippen LogP contribution in [0, 0.1) is 13.8 Å². The van der Waals surface area contributed by atoms with Crippen LogP contribution in [0.5, 0.6) is 0 Å². The van der Waals surface area contributed by atoms with Crippen LogP contribution in [0.4, 0.5) is 18.9 Å². The first-order valence-corrected chi connectivity index (χ1v) is 6.18. The first-order chi connectivity index (χ1) is 9.68. The van der Waals surface area contributed by atoms with E-state index < -0.39 is 17.6 Å². The van der Waals surface area contributed by atoms with Crippen LogP contribution in [0.2, 0.25) is 5.02 Å². The molecule has 0 unspecified atom stereocenters. The van der Waals surface area contributed by atoms with Gasteiger partial charge in [-0.1, -0.05) is 11.6 Å². The molecule has 21 heavy (non-hydrogen) atoms. The highest BCUT2D eigenvalue weighted by atomic mass is 35.5. The standard InChI is InChI=1S/C13H10ClF3N2O2/c1-6-11(21-7(2)18-6)12(20)19-10-5-8(13(15,16)17)3-4-9(10)14/h3-5H,1-2H3,(H,19,20). The van der Waals surface area contributed by atoms with Crippen LogP contribution in [0.25, 0.3) is 0 Å². The van der Waals surface area contributed by atoms with Gasteiger partial charge < -0.3 is 9.73 Å². The highest BCUT2D eigenvalue weighted by molar-refractivity contribution is 6.33. The lowest BCUT2D eigenvalue weighted by Gasteiger charge is -2.11. The summed E-state index contributed by atoms with van der Waals surface area (Å²) in [5.74, 6) is -0.497. The van der Waals surface area contributed by atoms with Crippen molar-refractivity contribution in [3.05, 3.63) is 46.1 Å². The fourth-order valence-electron chi connectivity index (χ4n) is 1.72. The van der Waals surface area contributed by atoms with E-state index in [1.807, 2.05) is 0 Å². The third-order valence-corrected chi connectivity index (χ3v) is 2.98. The van der Waals surface area contributed by atoms with E-state index in [0.717, 1.165) is 18.2 Å². The van der Waals surface area contributed by atoms with Crippen molar-refractivity contribution in [1.82, 2.24) is 4.98 Å². The molecule has 1 aromatic carbocycles. The van der Waals surface area contributed by atoms with Gasteiger partial charge in [0.15, 0.2) is 5.89 Å². The number of carbonyl (C=O) groups excluding carboxylic acids is 1. The predicted octanol–water partition coefficient (Wildman–Crippen LogP) is 4.22. The van der Waals surface area contributed by atoms with Gasteiger partial charge in [-0.25, -0.2) is 4.98 Å². The average Bonchev–Trinajstić information content (AvgIpc) is 2.70. The first-order valence-electron chi connectivity index (χ1n) is 5.80. The largest absolute Gasteiger partial charge is 0.436 e. The van der Waals surface area contributed by atoms with Crippen LogP contribution >= 0.6 is 11.6 Å². The summed E-state index contributed by atoms with van der Waals surface area (Å²) in [7, 11) is 0. The molecule has 0 saturated heterocycles. The Kier molecular flexibility index (Phi) is 3.95. The number of hydrogen-bond acceptors (Lipinski definition) is 3. The molecule has 1 aromatic heterocycles. The highest BCUT2D eigenvalue weighted by Crippen LogP contribution is 2.34. The summed E-state index contributed by atoms with van der Waals surface area (Å²) >= 11 is 5.79. The minimum absolute atomic E-state index is 0.00904. The summed E-state index contributed by atoms with van der Waals surface area (Å²) < 4.78 is 43.0. The van der Waals surface area contributed by atoms with Gasteiger partial charge in [-0.15, -0.1) is 0 Å². The van der Waals surface area contributed by atoms with Gasteiger partial charge in [0.1, 0.15) is 0 Å². The number of aromatic nitrogens is 1. The first kappa shape index (κ1) is 15.4. The van der Waals surface area contributed by atoms with Gasteiger partial charge in [-0.05, 0) is 25.1 Å². The van der Waals surface area contributed by atoms with Crippen LogP contribution in [-0.2, 0) is 6.18 Å². The molecule has 2 aromatic rings. The van der Waals surface area contributed by atoms with Gasteiger partial charge in [0, 0.05) is 6.92 Å². The number of nitrogens with zero attached hydrogens (tertiary/aromatic N) is 1. The topological polar surface area (TPSA) is 55.1 Å². The molecule has 0 aliphatic carbocycles. The van der Waals surface area contributed by atoms with Gasteiger partial charge in [0.2, 0.25) is 5.76 Å². The smallest absolute Gasteiger partial charge is 0.416 e. The summed E-state index contributed by atoms with van der Waals surface area (Å²) in [5.41, 5.74) is -0.717. The molecular formula is C13H10ClF3N2O2. The SMILES string of the molecule is Cc1nc(C)c(C(=O)Nc2cc(C(F)(F)F)ccc2Cl)o1. The Morgan fingerprint density at radius 3 is 2.52 bits per heavy atom. The van der Waals surface area contributed by atoms with E-state index in [-0.39, 0.29) is 22.4 Å². The zero-order valence-corrected chi connectivity index (χ0v) is 11.8. The molecule has 0 aliphatic rings. The number of oxazole rings is 1. The van der Waals surface area contributed by atoms with Crippen molar-refractivity contribution >= 4 is 23.2 Å². The van der Waals surface area contributed by atoms with Crippen molar-refractivity contribution in [3.63, 3.8) is 0 Å². The monoisotopic (exact) mass is 318 g/mol. The Balaban J connectivity index is 2.31. The van der Waals surface area contributed by atoms with Crippen molar-refractivity contribution in [2.45, 2.75) is 20.0 Å². The van der Waals surface area contributed by atoms with Crippen LogP contribution < -0.4 is 5.32 Å². The minimum Gasteiger partial charge on any atom is -0.436 e. The van der Waals surface area contributed by atoms with E-state index in [1.54, 1.807) is 13.8 Å². The molecule has 8 heteroatoms. The summed E-state index contributed by atoms with van der Waals surface area (Å²) in [6, 6.07) is 2.67. The molecule has 0 radical (unpaired) electrons. The Morgan fingerprint density at radius 2 is 2.00 bits per heavy atom. The molecule has 1 amide bonds. The number of alkyl halides is 3. The third-order valence-electron chi connectivity index (χ3n) is 2.65. The molecule has 112 valence electrons. The number of benzene rings is 1. The number of rotatable bonds is 2. The van der Waals surface area contributed by atoms with Crippen molar-refractivity contribution in [2.75, 3.05) is 5.32 Å². The second-order valence-corrected chi connectivity index (χ2v) is 4.70. The molecule has 1 heterocycles. The van der Waals surface area contributed by atoms with Gasteiger partial charge in [-0.2, -0.15) is 13.2 Å². The predicted molar refractivity (Wildman–Crippen MR) is 70.4 cm³/mol. The number of carbonyl (C=O) groups is 1. The molecule has 0 bridgehead atoms. The van der Waals surface area contributed by atoms with E-state index in [1.165, 1.54) is 0 Å². The number of halogens is 4. The number of nitrogens with one attached hydrogen (secondary N) is 1. The lowest BCUT2D eigenvalue weighted by molar-refractivity contribution is -0.137. The van der Waals surface area contributed by atoms with Crippen LogP contribution in [0.1, 0.15) is 27.7 Å². The van der Waals surface area contributed by atoms with Gasteiger partial charge >= 0.3 is 6.18 Å². The normalized spacial score (nSPS) is 11.5. The van der Waals surface area contributed by atoms with Crippen LogP contribution in [0.3, 0.4) is 0 Å². The quantitative estimate of drug-likeness (QED) is 0.902. The Hall–Kier alpha value is -2.02. The minimum atomic E-state index is -4.52. The highest BCUT2D eigenvalue weighted by Gasteiger charge is 2.31. The lowest BCUT2D eigenvalue weighted by atomic mass is 10.2. The summed E-state index contributed by atoms with van der Waals surface area (Å²) in [6.07, 6.45) is -4.52. The fourth-order valence-corrected chi connectivity index (χ4v) is 1.88. The molecule has 4 nitrogen and oxygen atoms in total. The fraction of sp³-hybridized carbons (Fsp3) is 0.231. The molecule has 1 N–H and O–H groups in total.